The molecule has 140 valence electrons. The molecular formula is C24H25ClO2. The Kier molecular flexibility index (Phi) is 4.47. The standard InChI is InChI=1S/C24H25ClO2/c25-18-8-4-16(5-9-18)24(26)27-19-10-13-21-17(14-19)7-12-22-20-3-1-2-15(20)6-11-23(21)22/h2,4-6,8-9,11,17,19-20,22H,1,3,7,10,12-14H2. The van der Waals surface area contributed by atoms with Gasteiger partial charge < -0.3 is 4.74 Å². The van der Waals surface area contributed by atoms with Crippen molar-refractivity contribution >= 4 is 17.6 Å². The van der Waals surface area contributed by atoms with Gasteiger partial charge in [-0.05, 0) is 98.1 Å². The summed E-state index contributed by atoms with van der Waals surface area (Å²) >= 11 is 5.91. The Morgan fingerprint density at radius 3 is 2.70 bits per heavy atom. The van der Waals surface area contributed by atoms with Crippen molar-refractivity contribution in [2.45, 2.75) is 51.0 Å². The molecule has 3 heteroatoms. The van der Waals surface area contributed by atoms with Crippen LogP contribution in [0.1, 0.15) is 55.3 Å². The maximum absolute atomic E-state index is 12.4. The summed E-state index contributed by atoms with van der Waals surface area (Å²) in [5.41, 5.74) is 5.45. The highest BCUT2D eigenvalue weighted by molar-refractivity contribution is 6.30. The summed E-state index contributed by atoms with van der Waals surface area (Å²) in [6, 6.07) is 6.96. The van der Waals surface area contributed by atoms with Crippen LogP contribution in [0.15, 0.2) is 59.2 Å². The molecule has 0 saturated heterocycles. The number of fused-ring (bicyclic) bond motifs is 4. The largest absolute Gasteiger partial charge is 0.459 e. The number of carbonyl (C=O) groups excluding carboxylic acids is 1. The van der Waals surface area contributed by atoms with Gasteiger partial charge in [-0.2, -0.15) is 0 Å². The maximum Gasteiger partial charge on any atom is 0.338 e. The lowest BCUT2D eigenvalue weighted by Crippen LogP contribution is -2.33. The second kappa shape index (κ2) is 6.98. The van der Waals surface area contributed by atoms with Crippen molar-refractivity contribution in [2.75, 3.05) is 0 Å². The molecule has 1 aromatic rings. The molecule has 0 amide bonds. The number of carbonyl (C=O) groups is 1. The molecule has 0 heterocycles. The van der Waals surface area contributed by atoms with E-state index in [0.29, 0.717) is 16.5 Å². The Labute approximate surface area is 165 Å². The minimum atomic E-state index is -0.222. The van der Waals surface area contributed by atoms with Crippen molar-refractivity contribution in [3.05, 3.63) is 69.8 Å². The highest BCUT2D eigenvalue weighted by Crippen LogP contribution is 2.51. The number of halogens is 1. The van der Waals surface area contributed by atoms with Gasteiger partial charge in [-0.15, -0.1) is 0 Å². The molecule has 0 spiro atoms. The molecule has 5 rings (SSSR count). The molecule has 0 radical (unpaired) electrons. The lowest BCUT2D eigenvalue weighted by atomic mass is 9.64. The minimum absolute atomic E-state index is 0.0357. The highest BCUT2D eigenvalue weighted by Gasteiger charge is 2.40. The fourth-order valence-corrected chi connectivity index (χ4v) is 5.79. The Hall–Kier alpha value is -1.80. The van der Waals surface area contributed by atoms with Crippen molar-refractivity contribution in [3.8, 4) is 0 Å². The van der Waals surface area contributed by atoms with Gasteiger partial charge in [-0.1, -0.05) is 35.4 Å². The third-order valence-electron chi connectivity index (χ3n) is 6.95. The van der Waals surface area contributed by atoms with Gasteiger partial charge in [0.25, 0.3) is 0 Å². The van der Waals surface area contributed by atoms with Crippen molar-refractivity contribution in [1.29, 1.82) is 0 Å². The van der Waals surface area contributed by atoms with Crippen molar-refractivity contribution in [2.24, 2.45) is 17.8 Å². The number of ether oxygens (including phenoxy) is 1. The van der Waals surface area contributed by atoms with Gasteiger partial charge >= 0.3 is 5.97 Å². The van der Waals surface area contributed by atoms with Crippen molar-refractivity contribution < 1.29 is 9.53 Å². The summed E-state index contributed by atoms with van der Waals surface area (Å²) in [6.07, 6.45) is 15.3. The van der Waals surface area contributed by atoms with E-state index in [0.717, 1.165) is 31.1 Å². The second-order valence-electron chi connectivity index (χ2n) is 8.39. The van der Waals surface area contributed by atoms with Gasteiger partial charge in [0.15, 0.2) is 0 Å². The van der Waals surface area contributed by atoms with Gasteiger partial charge in [-0.25, -0.2) is 4.79 Å². The molecule has 1 fully saturated rings. The normalized spacial score (nSPS) is 31.7. The summed E-state index contributed by atoms with van der Waals surface area (Å²) in [6.45, 7) is 0. The first-order valence-electron chi connectivity index (χ1n) is 10.3. The zero-order valence-electron chi connectivity index (χ0n) is 15.5. The van der Waals surface area contributed by atoms with Crippen LogP contribution in [-0.4, -0.2) is 12.1 Å². The van der Waals surface area contributed by atoms with Crippen molar-refractivity contribution in [1.82, 2.24) is 0 Å². The average molecular weight is 381 g/mol. The Morgan fingerprint density at radius 2 is 1.85 bits per heavy atom. The third-order valence-corrected chi connectivity index (χ3v) is 7.20. The maximum atomic E-state index is 12.4. The lowest BCUT2D eigenvalue weighted by Gasteiger charge is -2.42. The molecule has 1 saturated carbocycles. The first-order valence-corrected chi connectivity index (χ1v) is 10.6. The predicted octanol–water partition coefficient (Wildman–Crippen LogP) is 6.28. The number of hydrogen-bond donors (Lipinski definition) is 0. The first kappa shape index (κ1) is 17.3. The topological polar surface area (TPSA) is 26.3 Å². The van der Waals surface area contributed by atoms with E-state index in [9.17, 15) is 4.79 Å². The van der Waals surface area contributed by atoms with Gasteiger partial charge in [0.1, 0.15) is 6.10 Å². The van der Waals surface area contributed by atoms with Crippen LogP contribution in [0.4, 0.5) is 0 Å². The Morgan fingerprint density at radius 1 is 1.00 bits per heavy atom. The van der Waals surface area contributed by atoms with Crippen LogP contribution < -0.4 is 0 Å². The summed E-state index contributed by atoms with van der Waals surface area (Å²) in [5, 5.41) is 0.637. The van der Waals surface area contributed by atoms with Gasteiger partial charge in [0, 0.05) is 5.02 Å². The molecule has 1 aromatic carbocycles. The summed E-state index contributed by atoms with van der Waals surface area (Å²) in [5.74, 6) is 1.87. The predicted molar refractivity (Wildman–Crippen MR) is 108 cm³/mol. The molecule has 0 N–H and O–H groups in total. The van der Waals surface area contributed by atoms with E-state index >= 15 is 0 Å². The average Bonchev–Trinajstić information content (AvgIpc) is 3.17. The van der Waals surface area contributed by atoms with Crippen LogP contribution >= 0.6 is 11.6 Å². The second-order valence-corrected chi connectivity index (χ2v) is 8.83. The van der Waals surface area contributed by atoms with Crippen LogP contribution in [0, 0.1) is 17.8 Å². The Bertz CT molecular complexity index is 846. The Balaban J connectivity index is 1.30. The van der Waals surface area contributed by atoms with E-state index in [2.05, 4.69) is 18.2 Å². The molecule has 4 aliphatic rings. The van der Waals surface area contributed by atoms with E-state index in [4.69, 9.17) is 16.3 Å². The number of esters is 1. The summed E-state index contributed by atoms with van der Waals surface area (Å²) < 4.78 is 5.84. The fourth-order valence-electron chi connectivity index (χ4n) is 5.66. The lowest BCUT2D eigenvalue weighted by molar-refractivity contribution is 0.0177. The number of hydrogen-bond acceptors (Lipinski definition) is 2. The SMILES string of the molecule is O=C(OC1CCC2=C3C=CC4=CCCC4C3CCC2C1)c1ccc(Cl)cc1. The molecule has 4 atom stereocenters. The molecule has 0 bridgehead atoms. The number of benzene rings is 1. The zero-order valence-corrected chi connectivity index (χ0v) is 16.3. The van der Waals surface area contributed by atoms with Crippen LogP contribution in [0.25, 0.3) is 0 Å². The van der Waals surface area contributed by atoms with E-state index < -0.39 is 0 Å². The van der Waals surface area contributed by atoms with Crippen LogP contribution in [-0.2, 0) is 4.74 Å². The van der Waals surface area contributed by atoms with Crippen molar-refractivity contribution in [3.63, 3.8) is 0 Å². The molecular weight excluding hydrogens is 356 g/mol. The van der Waals surface area contributed by atoms with Crippen LogP contribution in [0.2, 0.25) is 5.02 Å². The van der Waals surface area contributed by atoms with Gasteiger partial charge in [0.05, 0.1) is 5.56 Å². The molecule has 4 unspecified atom stereocenters. The minimum Gasteiger partial charge on any atom is -0.459 e. The number of rotatable bonds is 2. The van der Waals surface area contributed by atoms with E-state index in [1.54, 1.807) is 41.0 Å². The zero-order chi connectivity index (χ0) is 18.4. The first-order chi connectivity index (χ1) is 13.2. The molecule has 27 heavy (non-hydrogen) atoms. The summed E-state index contributed by atoms with van der Waals surface area (Å²) in [4.78, 5) is 12.4. The van der Waals surface area contributed by atoms with E-state index in [-0.39, 0.29) is 12.1 Å². The number of allylic oxidation sites excluding steroid dienone is 6. The summed E-state index contributed by atoms with van der Waals surface area (Å²) in [7, 11) is 0. The van der Waals surface area contributed by atoms with E-state index in [1.807, 2.05) is 0 Å². The molecule has 2 nitrogen and oxygen atoms in total. The smallest absolute Gasteiger partial charge is 0.338 e. The molecule has 0 aliphatic heterocycles. The van der Waals surface area contributed by atoms with E-state index in [1.165, 1.54) is 25.7 Å². The third kappa shape index (κ3) is 3.18. The fraction of sp³-hybridized carbons (Fsp3) is 0.458. The molecule has 4 aliphatic carbocycles. The highest BCUT2D eigenvalue weighted by atomic mass is 35.5. The van der Waals surface area contributed by atoms with Crippen LogP contribution in [0.5, 0.6) is 0 Å². The monoisotopic (exact) mass is 380 g/mol. The van der Waals surface area contributed by atoms with Gasteiger partial charge in [0.2, 0.25) is 0 Å². The van der Waals surface area contributed by atoms with Crippen LogP contribution in [0.3, 0.4) is 0 Å². The molecule has 0 aromatic heterocycles. The van der Waals surface area contributed by atoms with Gasteiger partial charge in [-0.3, -0.25) is 0 Å². The quantitative estimate of drug-likeness (QED) is 0.564.